The smallest absolute Gasteiger partial charge is 0.0777 e. The topological polar surface area (TPSA) is 63.8 Å². The molecule has 2 rings (SSSR count). The van der Waals surface area contributed by atoms with Crippen molar-refractivity contribution in [2.75, 3.05) is 11.1 Å². The maximum absolute atomic E-state index is 5.67. The van der Waals surface area contributed by atoms with Crippen molar-refractivity contribution >= 4 is 27.3 Å². The SMILES string of the molecule is Cc1cnc(CNc2ccc(N)cc2Br)cn1. The molecule has 17 heavy (non-hydrogen) atoms. The van der Waals surface area contributed by atoms with Crippen LogP contribution in [0, 0.1) is 6.92 Å². The number of nitrogens with one attached hydrogen (secondary N) is 1. The van der Waals surface area contributed by atoms with E-state index in [1.807, 2.05) is 25.1 Å². The Morgan fingerprint density at radius 3 is 2.76 bits per heavy atom. The molecule has 4 nitrogen and oxygen atoms in total. The molecule has 5 heteroatoms. The van der Waals surface area contributed by atoms with Crippen LogP contribution in [-0.4, -0.2) is 9.97 Å². The van der Waals surface area contributed by atoms with Gasteiger partial charge in [-0.2, -0.15) is 0 Å². The summed E-state index contributed by atoms with van der Waals surface area (Å²) in [6.45, 7) is 2.55. The number of hydrogen-bond donors (Lipinski definition) is 2. The monoisotopic (exact) mass is 292 g/mol. The van der Waals surface area contributed by atoms with Crippen LogP contribution in [0.25, 0.3) is 0 Å². The average Bonchev–Trinajstić information content (AvgIpc) is 2.30. The molecular formula is C12H13BrN4. The summed E-state index contributed by atoms with van der Waals surface area (Å²) >= 11 is 3.45. The predicted molar refractivity (Wildman–Crippen MR) is 72.7 cm³/mol. The Bertz CT molecular complexity index is 510. The lowest BCUT2D eigenvalue weighted by Gasteiger charge is -2.08. The Kier molecular flexibility index (Phi) is 3.58. The zero-order valence-corrected chi connectivity index (χ0v) is 11.0. The van der Waals surface area contributed by atoms with Crippen molar-refractivity contribution in [3.8, 4) is 0 Å². The fraction of sp³-hybridized carbons (Fsp3) is 0.167. The van der Waals surface area contributed by atoms with Gasteiger partial charge >= 0.3 is 0 Å². The van der Waals surface area contributed by atoms with E-state index in [1.165, 1.54) is 0 Å². The molecule has 1 aromatic heterocycles. The number of anilines is 2. The molecule has 0 aliphatic carbocycles. The summed E-state index contributed by atoms with van der Waals surface area (Å²) in [7, 11) is 0. The van der Waals surface area contributed by atoms with E-state index in [9.17, 15) is 0 Å². The van der Waals surface area contributed by atoms with Gasteiger partial charge in [-0.15, -0.1) is 0 Å². The quantitative estimate of drug-likeness (QED) is 0.854. The molecule has 0 aliphatic rings. The lowest BCUT2D eigenvalue weighted by Crippen LogP contribution is -2.03. The predicted octanol–water partition coefficient (Wildman–Crippen LogP) is 2.74. The zero-order chi connectivity index (χ0) is 12.3. The number of aryl methyl sites for hydroxylation is 1. The molecule has 0 bridgehead atoms. The Morgan fingerprint density at radius 2 is 2.12 bits per heavy atom. The highest BCUT2D eigenvalue weighted by atomic mass is 79.9. The molecule has 1 aromatic carbocycles. The summed E-state index contributed by atoms with van der Waals surface area (Å²) in [5.74, 6) is 0. The van der Waals surface area contributed by atoms with Crippen molar-refractivity contribution < 1.29 is 0 Å². The van der Waals surface area contributed by atoms with Gasteiger partial charge < -0.3 is 11.1 Å². The van der Waals surface area contributed by atoms with Gasteiger partial charge in [0.1, 0.15) is 0 Å². The van der Waals surface area contributed by atoms with Gasteiger partial charge in [0.25, 0.3) is 0 Å². The number of rotatable bonds is 3. The van der Waals surface area contributed by atoms with Crippen molar-refractivity contribution in [1.29, 1.82) is 0 Å². The van der Waals surface area contributed by atoms with Crippen LogP contribution in [0.15, 0.2) is 35.1 Å². The van der Waals surface area contributed by atoms with Crippen LogP contribution in [0.2, 0.25) is 0 Å². The highest BCUT2D eigenvalue weighted by Crippen LogP contribution is 2.24. The van der Waals surface area contributed by atoms with E-state index in [1.54, 1.807) is 12.4 Å². The van der Waals surface area contributed by atoms with E-state index in [4.69, 9.17) is 5.73 Å². The van der Waals surface area contributed by atoms with E-state index in [0.717, 1.165) is 27.2 Å². The van der Waals surface area contributed by atoms with Gasteiger partial charge in [-0.3, -0.25) is 9.97 Å². The molecule has 2 aromatic rings. The van der Waals surface area contributed by atoms with E-state index in [-0.39, 0.29) is 0 Å². The van der Waals surface area contributed by atoms with E-state index >= 15 is 0 Å². The first-order valence-electron chi connectivity index (χ1n) is 5.21. The zero-order valence-electron chi connectivity index (χ0n) is 9.44. The van der Waals surface area contributed by atoms with Crippen LogP contribution in [0.4, 0.5) is 11.4 Å². The Hall–Kier alpha value is -1.62. The number of benzene rings is 1. The second-order valence-electron chi connectivity index (χ2n) is 3.74. The van der Waals surface area contributed by atoms with Crippen LogP contribution in [0.1, 0.15) is 11.4 Å². The molecule has 0 atom stereocenters. The Morgan fingerprint density at radius 1 is 1.29 bits per heavy atom. The normalized spacial score (nSPS) is 10.2. The second-order valence-corrected chi connectivity index (χ2v) is 4.60. The number of halogens is 1. The molecule has 0 unspecified atom stereocenters. The second kappa shape index (κ2) is 5.14. The van der Waals surface area contributed by atoms with E-state index in [0.29, 0.717) is 6.54 Å². The molecule has 1 heterocycles. The summed E-state index contributed by atoms with van der Waals surface area (Å²) in [5.41, 5.74) is 9.21. The lowest BCUT2D eigenvalue weighted by atomic mass is 10.3. The van der Waals surface area contributed by atoms with Gasteiger partial charge in [0.15, 0.2) is 0 Å². The number of aromatic nitrogens is 2. The van der Waals surface area contributed by atoms with Gasteiger partial charge in [-0.05, 0) is 41.1 Å². The van der Waals surface area contributed by atoms with Crippen molar-refractivity contribution in [3.63, 3.8) is 0 Å². The van der Waals surface area contributed by atoms with Gasteiger partial charge in [-0.1, -0.05) is 0 Å². The molecule has 88 valence electrons. The van der Waals surface area contributed by atoms with Gasteiger partial charge in [0.2, 0.25) is 0 Å². The molecule has 0 radical (unpaired) electrons. The molecule has 0 fully saturated rings. The van der Waals surface area contributed by atoms with Crippen molar-refractivity contribution in [2.45, 2.75) is 13.5 Å². The van der Waals surface area contributed by atoms with Crippen LogP contribution in [0.5, 0.6) is 0 Å². The molecule has 3 N–H and O–H groups in total. The summed E-state index contributed by atoms with van der Waals surface area (Å²) in [4.78, 5) is 8.47. The minimum absolute atomic E-state index is 0.635. The summed E-state index contributed by atoms with van der Waals surface area (Å²) in [6, 6.07) is 5.65. The maximum atomic E-state index is 5.67. The van der Waals surface area contributed by atoms with Crippen LogP contribution in [0.3, 0.4) is 0 Å². The fourth-order valence-corrected chi connectivity index (χ4v) is 1.91. The number of nitrogens with two attached hydrogens (primary N) is 1. The molecule has 0 saturated heterocycles. The molecule has 0 amide bonds. The fourth-order valence-electron chi connectivity index (χ4n) is 1.37. The van der Waals surface area contributed by atoms with Gasteiger partial charge in [-0.25, -0.2) is 0 Å². The maximum Gasteiger partial charge on any atom is 0.0777 e. The lowest BCUT2D eigenvalue weighted by molar-refractivity contribution is 0.984. The molecule has 0 aliphatic heterocycles. The summed E-state index contributed by atoms with van der Waals surface area (Å²) in [6.07, 6.45) is 3.53. The van der Waals surface area contributed by atoms with Crippen LogP contribution >= 0.6 is 15.9 Å². The average molecular weight is 293 g/mol. The highest BCUT2D eigenvalue weighted by Gasteiger charge is 2.00. The molecule has 0 saturated carbocycles. The minimum Gasteiger partial charge on any atom is -0.399 e. The summed E-state index contributed by atoms with van der Waals surface area (Å²) < 4.78 is 0.942. The third kappa shape index (κ3) is 3.17. The number of nitrogens with zero attached hydrogens (tertiary/aromatic N) is 2. The number of nitrogen functional groups attached to an aromatic ring is 1. The minimum atomic E-state index is 0.635. The van der Waals surface area contributed by atoms with E-state index in [2.05, 4.69) is 31.2 Å². The first-order chi connectivity index (χ1) is 8.15. The highest BCUT2D eigenvalue weighted by molar-refractivity contribution is 9.10. The Balaban J connectivity index is 2.04. The third-order valence-corrected chi connectivity index (χ3v) is 2.94. The summed E-state index contributed by atoms with van der Waals surface area (Å²) in [5, 5.41) is 3.27. The number of hydrogen-bond acceptors (Lipinski definition) is 4. The van der Waals surface area contributed by atoms with Crippen LogP contribution < -0.4 is 11.1 Å². The third-order valence-electron chi connectivity index (χ3n) is 2.29. The standard InChI is InChI=1S/C12H13BrN4/c1-8-5-16-10(6-15-8)7-17-12-3-2-9(14)4-11(12)13/h2-6,17H,7,14H2,1H3. The van der Waals surface area contributed by atoms with Crippen LogP contribution in [-0.2, 0) is 6.54 Å². The molecule has 0 spiro atoms. The Labute approximate surface area is 108 Å². The van der Waals surface area contributed by atoms with E-state index < -0.39 is 0 Å². The van der Waals surface area contributed by atoms with Gasteiger partial charge in [0.05, 0.1) is 24.1 Å². The molecular weight excluding hydrogens is 280 g/mol. The van der Waals surface area contributed by atoms with Crippen molar-refractivity contribution in [2.24, 2.45) is 0 Å². The van der Waals surface area contributed by atoms with Gasteiger partial charge in [0, 0.05) is 22.0 Å². The first kappa shape index (κ1) is 11.9. The van der Waals surface area contributed by atoms with Crippen molar-refractivity contribution in [1.82, 2.24) is 9.97 Å². The van der Waals surface area contributed by atoms with Crippen molar-refractivity contribution in [3.05, 3.63) is 46.5 Å². The first-order valence-corrected chi connectivity index (χ1v) is 6.01. The largest absolute Gasteiger partial charge is 0.399 e.